The summed E-state index contributed by atoms with van der Waals surface area (Å²) in [6.07, 6.45) is -3.35. The van der Waals surface area contributed by atoms with Gasteiger partial charge in [-0.1, -0.05) is 12.1 Å². The number of nitrogens with zero attached hydrogens (tertiary/aromatic N) is 2. The fourth-order valence-electron chi connectivity index (χ4n) is 2.49. The Labute approximate surface area is 144 Å². The molecule has 136 valence electrons. The molecule has 0 atom stereocenters. The van der Waals surface area contributed by atoms with Crippen molar-refractivity contribution in [2.24, 2.45) is 7.05 Å². The van der Waals surface area contributed by atoms with Gasteiger partial charge in [0.15, 0.2) is 0 Å². The van der Waals surface area contributed by atoms with Crippen LogP contribution in [0.4, 0.5) is 18.9 Å². The van der Waals surface area contributed by atoms with E-state index >= 15 is 0 Å². The minimum absolute atomic E-state index is 0.0218. The normalized spacial score (nSPS) is 11.6. The molecule has 1 aromatic carbocycles. The molecule has 3 rings (SSSR count). The molecule has 0 bridgehead atoms. The molecule has 0 radical (unpaired) electrons. The third-order valence-electron chi connectivity index (χ3n) is 3.72. The van der Waals surface area contributed by atoms with Gasteiger partial charge in [0.25, 0.3) is 11.5 Å². The van der Waals surface area contributed by atoms with Gasteiger partial charge >= 0.3 is 6.18 Å². The van der Waals surface area contributed by atoms with Crippen molar-refractivity contribution in [3.8, 4) is 0 Å². The number of carbonyl (C=O) groups excluding carboxylic acids is 1. The van der Waals surface area contributed by atoms with Crippen molar-refractivity contribution in [1.82, 2.24) is 15.0 Å². The molecule has 0 saturated heterocycles. The fourth-order valence-corrected chi connectivity index (χ4v) is 2.49. The maximum atomic E-state index is 13.0. The molecule has 0 saturated carbocycles. The van der Waals surface area contributed by atoms with Gasteiger partial charge in [0.2, 0.25) is 5.71 Å². The van der Waals surface area contributed by atoms with Crippen LogP contribution in [-0.2, 0) is 13.2 Å². The number of hydrogen-bond acceptors (Lipinski definition) is 5. The van der Waals surface area contributed by atoms with Gasteiger partial charge in [-0.15, -0.1) is 0 Å². The molecule has 0 spiro atoms. The predicted octanol–water partition coefficient (Wildman–Crippen LogP) is 2.61. The Morgan fingerprint density at radius 1 is 1.27 bits per heavy atom. The average Bonchev–Trinajstić information content (AvgIpc) is 2.92. The number of anilines is 1. The maximum Gasteiger partial charge on any atom is 0.418 e. The molecule has 0 aliphatic heterocycles. The number of aromatic nitrogens is 2. The van der Waals surface area contributed by atoms with Gasteiger partial charge in [0, 0.05) is 7.05 Å². The molecule has 2 heterocycles. The molecule has 0 aliphatic carbocycles. The number of hydrogen-bond donors (Lipinski definition) is 2. The number of nitrogens with one attached hydrogen (secondary N) is 2. The number of aryl methyl sites for hydroxylation is 2. The molecular weight excluding hydrogens is 353 g/mol. The molecule has 7 nitrogen and oxygen atoms in total. The highest BCUT2D eigenvalue weighted by atomic mass is 19.4. The molecule has 2 N–H and O–H groups in total. The summed E-state index contributed by atoms with van der Waals surface area (Å²) >= 11 is 0. The number of benzene rings is 1. The summed E-state index contributed by atoms with van der Waals surface area (Å²) in [6, 6.07) is 4.68. The summed E-state index contributed by atoms with van der Waals surface area (Å²) < 4.78 is 45.4. The lowest BCUT2D eigenvalue weighted by molar-refractivity contribution is -0.137. The SMILES string of the molecule is Cc1oc2ncn(C)c(=O)c2c1C(=O)NNc1ccccc1C(F)(F)F. The topological polar surface area (TPSA) is 89.2 Å². The monoisotopic (exact) mass is 366 g/mol. The van der Waals surface area contributed by atoms with E-state index in [9.17, 15) is 22.8 Å². The fraction of sp³-hybridized carbons (Fsp3) is 0.188. The number of alkyl halides is 3. The van der Waals surface area contributed by atoms with Crippen LogP contribution in [-0.4, -0.2) is 15.5 Å². The van der Waals surface area contributed by atoms with Crippen LogP contribution in [0.2, 0.25) is 0 Å². The summed E-state index contributed by atoms with van der Waals surface area (Å²) in [6.45, 7) is 1.46. The summed E-state index contributed by atoms with van der Waals surface area (Å²) in [5.74, 6) is -0.692. The summed E-state index contributed by atoms with van der Waals surface area (Å²) in [5, 5.41) is -0.0455. The van der Waals surface area contributed by atoms with Gasteiger partial charge in [-0.3, -0.25) is 20.4 Å². The Morgan fingerprint density at radius 2 is 1.96 bits per heavy atom. The molecule has 0 aliphatic rings. The van der Waals surface area contributed by atoms with Crippen molar-refractivity contribution in [1.29, 1.82) is 0 Å². The zero-order chi connectivity index (χ0) is 19.1. The van der Waals surface area contributed by atoms with Crippen LogP contribution >= 0.6 is 0 Å². The summed E-state index contributed by atoms with van der Waals surface area (Å²) in [5.41, 5.74) is 2.52. The molecule has 0 fully saturated rings. The van der Waals surface area contributed by atoms with Gasteiger partial charge in [0.1, 0.15) is 17.5 Å². The number of furan rings is 1. The van der Waals surface area contributed by atoms with Crippen LogP contribution in [0.3, 0.4) is 0 Å². The molecule has 0 unspecified atom stereocenters. The smallest absolute Gasteiger partial charge is 0.418 e. The maximum absolute atomic E-state index is 13.0. The average molecular weight is 366 g/mol. The van der Waals surface area contributed by atoms with Crippen LogP contribution in [0.1, 0.15) is 21.7 Å². The number of para-hydroxylation sites is 1. The first kappa shape index (κ1) is 17.5. The number of carbonyl (C=O) groups is 1. The van der Waals surface area contributed by atoms with E-state index in [1.54, 1.807) is 0 Å². The number of rotatable bonds is 3. The van der Waals surface area contributed by atoms with E-state index in [1.165, 1.54) is 43.1 Å². The second-order valence-electron chi connectivity index (χ2n) is 5.50. The zero-order valence-corrected chi connectivity index (χ0v) is 13.6. The number of fused-ring (bicyclic) bond motifs is 1. The Hall–Kier alpha value is -3.30. The van der Waals surface area contributed by atoms with E-state index in [0.29, 0.717) is 0 Å². The van der Waals surface area contributed by atoms with Gasteiger partial charge in [-0.05, 0) is 19.1 Å². The van der Waals surface area contributed by atoms with E-state index in [-0.39, 0.29) is 28.1 Å². The van der Waals surface area contributed by atoms with Crippen molar-refractivity contribution >= 4 is 22.7 Å². The van der Waals surface area contributed by atoms with Gasteiger partial charge in [0.05, 0.1) is 16.8 Å². The van der Waals surface area contributed by atoms with Crippen molar-refractivity contribution in [2.45, 2.75) is 13.1 Å². The van der Waals surface area contributed by atoms with Gasteiger partial charge in [-0.25, -0.2) is 4.98 Å². The highest BCUT2D eigenvalue weighted by molar-refractivity contribution is 6.06. The minimum atomic E-state index is -4.59. The lowest BCUT2D eigenvalue weighted by Gasteiger charge is -2.14. The van der Waals surface area contributed by atoms with Gasteiger partial charge < -0.3 is 8.98 Å². The molecule has 26 heavy (non-hydrogen) atoms. The third kappa shape index (κ3) is 3.01. The Morgan fingerprint density at radius 3 is 2.65 bits per heavy atom. The highest BCUT2D eigenvalue weighted by Gasteiger charge is 2.33. The van der Waals surface area contributed by atoms with Crippen LogP contribution in [0, 0.1) is 6.92 Å². The lowest BCUT2D eigenvalue weighted by atomic mass is 10.1. The molecular formula is C16H13F3N4O3. The Bertz CT molecular complexity index is 1050. The van der Waals surface area contributed by atoms with E-state index in [1.807, 2.05) is 0 Å². The van der Waals surface area contributed by atoms with E-state index in [2.05, 4.69) is 15.8 Å². The van der Waals surface area contributed by atoms with E-state index in [0.717, 1.165) is 6.07 Å². The molecule has 10 heteroatoms. The number of halogens is 3. The number of hydrazine groups is 1. The van der Waals surface area contributed by atoms with E-state index < -0.39 is 23.2 Å². The van der Waals surface area contributed by atoms with Crippen molar-refractivity contribution < 1.29 is 22.4 Å². The molecule has 3 aromatic rings. The first-order valence-electron chi connectivity index (χ1n) is 7.37. The molecule has 1 amide bonds. The minimum Gasteiger partial charge on any atom is -0.442 e. The second kappa shape index (κ2) is 6.21. The van der Waals surface area contributed by atoms with E-state index in [4.69, 9.17) is 4.42 Å². The molecule has 2 aromatic heterocycles. The Balaban J connectivity index is 1.94. The highest BCUT2D eigenvalue weighted by Crippen LogP contribution is 2.34. The number of amides is 1. The largest absolute Gasteiger partial charge is 0.442 e. The van der Waals surface area contributed by atoms with Crippen LogP contribution < -0.4 is 16.4 Å². The quantitative estimate of drug-likeness (QED) is 0.696. The first-order valence-corrected chi connectivity index (χ1v) is 7.37. The summed E-state index contributed by atoms with van der Waals surface area (Å²) in [4.78, 5) is 28.6. The summed E-state index contributed by atoms with van der Waals surface area (Å²) in [7, 11) is 1.45. The van der Waals surface area contributed by atoms with Crippen LogP contribution in [0.15, 0.2) is 39.8 Å². The third-order valence-corrected chi connectivity index (χ3v) is 3.72. The van der Waals surface area contributed by atoms with Crippen molar-refractivity contribution in [2.75, 3.05) is 5.43 Å². The second-order valence-corrected chi connectivity index (χ2v) is 5.50. The van der Waals surface area contributed by atoms with Crippen LogP contribution in [0.25, 0.3) is 11.1 Å². The van der Waals surface area contributed by atoms with Gasteiger partial charge in [-0.2, -0.15) is 13.2 Å². The first-order chi connectivity index (χ1) is 12.2. The van der Waals surface area contributed by atoms with Crippen molar-refractivity contribution in [3.63, 3.8) is 0 Å². The zero-order valence-electron chi connectivity index (χ0n) is 13.6. The van der Waals surface area contributed by atoms with Crippen LogP contribution in [0.5, 0.6) is 0 Å². The predicted molar refractivity (Wildman–Crippen MR) is 86.5 cm³/mol. The standard InChI is InChI=1S/C16H13F3N4O3/c1-8-11(12-14(26-8)20-7-23(2)15(12)25)13(24)22-21-10-6-4-3-5-9(10)16(17,18)19/h3-7,21H,1-2H3,(H,22,24). The lowest BCUT2D eigenvalue weighted by Crippen LogP contribution is -2.31. The Kier molecular flexibility index (Phi) is 4.18. The van der Waals surface area contributed by atoms with Crippen molar-refractivity contribution in [3.05, 3.63) is 57.8 Å².